The number of rotatable bonds is 3. The Kier molecular flexibility index (Phi) is 3.28. The maximum Gasteiger partial charge on any atom is 0.177 e. The number of nitrogens with one attached hydrogen (secondary N) is 2. The van der Waals surface area contributed by atoms with E-state index in [1.807, 2.05) is 6.07 Å². The molecule has 1 atom stereocenters. The van der Waals surface area contributed by atoms with E-state index in [0.29, 0.717) is 16.6 Å². The highest BCUT2D eigenvalue weighted by atomic mass is 32.2. The third kappa shape index (κ3) is 2.54. The molecule has 1 aliphatic rings. The van der Waals surface area contributed by atoms with Crippen molar-refractivity contribution in [2.24, 2.45) is 0 Å². The molecule has 2 N–H and O–H groups in total. The summed E-state index contributed by atoms with van der Waals surface area (Å²) in [6.07, 6.45) is 3.43. The Labute approximate surface area is 102 Å². The summed E-state index contributed by atoms with van der Waals surface area (Å²) in [4.78, 5) is 0.373. The maximum absolute atomic E-state index is 11.6. The van der Waals surface area contributed by atoms with Crippen LogP contribution in [0.3, 0.4) is 0 Å². The Morgan fingerprint density at radius 1 is 1.41 bits per heavy atom. The van der Waals surface area contributed by atoms with E-state index in [1.165, 1.54) is 6.26 Å². The monoisotopic (exact) mass is 254 g/mol. The standard InChI is InChI=1S/C12H18N2O2S/c1-3-5-9-8-13-12-10(14-9)6-4-7-11(12)17(2,15)16/h4,6-7,9,13-14H,3,5,8H2,1-2H3. The Balaban J connectivity index is 2.36. The Morgan fingerprint density at radius 2 is 2.18 bits per heavy atom. The highest BCUT2D eigenvalue weighted by molar-refractivity contribution is 7.90. The van der Waals surface area contributed by atoms with Gasteiger partial charge in [0, 0.05) is 18.8 Å². The number of hydrogen-bond donors (Lipinski definition) is 2. The van der Waals surface area contributed by atoms with Crippen LogP contribution in [0.15, 0.2) is 23.1 Å². The van der Waals surface area contributed by atoms with Gasteiger partial charge in [-0.2, -0.15) is 0 Å². The number of benzene rings is 1. The number of anilines is 2. The van der Waals surface area contributed by atoms with Crippen molar-refractivity contribution in [1.82, 2.24) is 0 Å². The van der Waals surface area contributed by atoms with Crippen molar-refractivity contribution < 1.29 is 8.42 Å². The summed E-state index contributed by atoms with van der Waals surface area (Å²) in [6.45, 7) is 2.91. The largest absolute Gasteiger partial charge is 0.380 e. The molecule has 1 unspecified atom stereocenters. The topological polar surface area (TPSA) is 58.2 Å². The molecule has 1 aromatic carbocycles. The smallest absolute Gasteiger partial charge is 0.177 e. The number of fused-ring (bicyclic) bond motifs is 1. The summed E-state index contributed by atoms with van der Waals surface area (Å²) < 4.78 is 23.3. The fourth-order valence-electron chi connectivity index (χ4n) is 2.16. The summed E-state index contributed by atoms with van der Waals surface area (Å²) in [6, 6.07) is 5.71. The van der Waals surface area contributed by atoms with E-state index >= 15 is 0 Å². The second-order valence-electron chi connectivity index (χ2n) is 4.46. The van der Waals surface area contributed by atoms with Gasteiger partial charge < -0.3 is 10.6 Å². The summed E-state index contributed by atoms with van der Waals surface area (Å²) >= 11 is 0. The molecule has 0 radical (unpaired) electrons. The van der Waals surface area contributed by atoms with Crippen molar-refractivity contribution in [3.8, 4) is 0 Å². The molecule has 0 amide bonds. The van der Waals surface area contributed by atoms with Crippen molar-refractivity contribution in [3.05, 3.63) is 18.2 Å². The van der Waals surface area contributed by atoms with Gasteiger partial charge in [-0.25, -0.2) is 8.42 Å². The number of sulfone groups is 1. The van der Waals surface area contributed by atoms with E-state index in [9.17, 15) is 8.42 Å². The lowest BCUT2D eigenvalue weighted by Gasteiger charge is -2.29. The molecule has 0 aromatic heterocycles. The molecule has 1 heterocycles. The minimum Gasteiger partial charge on any atom is -0.380 e. The van der Waals surface area contributed by atoms with Gasteiger partial charge in [0.15, 0.2) is 9.84 Å². The third-order valence-corrected chi connectivity index (χ3v) is 4.09. The molecular weight excluding hydrogens is 236 g/mol. The lowest BCUT2D eigenvalue weighted by molar-refractivity contribution is 0.601. The van der Waals surface area contributed by atoms with Crippen LogP contribution in [-0.4, -0.2) is 27.3 Å². The predicted octanol–water partition coefficient (Wildman–Crippen LogP) is 2.10. The average Bonchev–Trinajstić information content (AvgIpc) is 2.27. The van der Waals surface area contributed by atoms with Gasteiger partial charge in [0.05, 0.1) is 16.3 Å². The first kappa shape index (κ1) is 12.2. The molecule has 1 aromatic rings. The van der Waals surface area contributed by atoms with E-state index in [1.54, 1.807) is 12.1 Å². The van der Waals surface area contributed by atoms with Crippen LogP contribution in [0.5, 0.6) is 0 Å². The molecule has 1 aliphatic heterocycles. The summed E-state index contributed by atoms with van der Waals surface area (Å²) in [5.74, 6) is 0. The van der Waals surface area contributed by atoms with E-state index in [2.05, 4.69) is 17.6 Å². The predicted molar refractivity (Wildman–Crippen MR) is 70.4 cm³/mol. The average molecular weight is 254 g/mol. The van der Waals surface area contributed by atoms with Crippen molar-refractivity contribution in [1.29, 1.82) is 0 Å². The molecule has 94 valence electrons. The molecule has 17 heavy (non-hydrogen) atoms. The molecule has 0 bridgehead atoms. The summed E-state index contributed by atoms with van der Waals surface area (Å²) in [5.41, 5.74) is 1.60. The van der Waals surface area contributed by atoms with Crippen molar-refractivity contribution >= 4 is 21.2 Å². The molecule has 4 nitrogen and oxygen atoms in total. The molecule has 0 fully saturated rings. The summed E-state index contributed by atoms with van der Waals surface area (Å²) in [5, 5.41) is 6.61. The van der Waals surface area contributed by atoms with Gasteiger partial charge in [-0.3, -0.25) is 0 Å². The Bertz CT molecular complexity index is 511. The molecule has 5 heteroatoms. The maximum atomic E-state index is 11.6. The second-order valence-corrected chi connectivity index (χ2v) is 6.45. The van der Waals surface area contributed by atoms with Crippen LogP contribution in [0, 0.1) is 0 Å². The molecule has 0 spiro atoms. The third-order valence-electron chi connectivity index (χ3n) is 2.95. The number of hydrogen-bond acceptors (Lipinski definition) is 4. The number of para-hydroxylation sites is 1. The first-order valence-electron chi connectivity index (χ1n) is 5.86. The molecule has 0 saturated heterocycles. The van der Waals surface area contributed by atoms with Crippen LogP contribution >= 0.6 is 0 Å². The van der Waals surface area contributed by atoms with Gasteiger partial charge in [0.1, 0.15) is 0 Å². The summed E-state index contributed by atoms with van der Waals surface area (Å²) in [7, 11) is -3.18. The van der Waals surface area contributed by atoms with Crippen molar-refractivity contribution in [2.45, 2.75) is 30.7 Å². The highest BCUT2D eigenvalue weighted by Gasteiger charge is 2.22. The lowest BCUT2D eigenvalue weighted by Crippen LogP contribution is -2.33. The van der Waals surface area contributed by atoms with E-state index in [0.717, 1.165) is 25.1 Å². The normalized spacial score (nSPS) is 19.1. The van der Waals surface area contributed by atoms with Crippen molar-refractivity contribution in [3.63, 3.8) is 0 Å². The Hall–Kier alpha value is -1.23. The minimum atomic E-state index is -3.18. The lowest BCUT2D eigenvalue weighted by atomic mass is 10.1. The SMILES string of the molecule is CCCC1CNc2c(cccc2S(C)(=O)=O)N1. The fourth-order valence-corrected chi connectivity index (χ4v) is 3.04. The molecule has 2 rings (SSSR count). The Morgan fingerprint density at radius 3 is 2.82 bits per heavy atom. The fraction of sp³-hybridized carbons (Fsp3) is 0.500. The van der Waals surface area contributed by atoms with Crippen LogP contribution in [0.4, 0.5) is 11.4 Å². The van der Waals surface area contributed by atoms with Crippen LogP contribution in [-0.2, 0) is 9.84 Å². The molecule has 0 aliphatic carbocycles. The van der Waals surface area contributed by atoms with Gasteiger partial charge in [0.2, 0.25) is 0 Å². The van der Waals surface area contributed by atoms with Gasteiger partial charge in [-0.1, -0.05) is 19.4 Å². The minimum absolute atomic E-state index is 0.373. The van der Waals surface area contributed by atoms with E-state index < -0.39 is 9.84 Å². The highest BCUT2D eigenvalue weighted by Crippen LogP contribution is 2.33. The van der Waals surface area contributed by atoms with Crippen LogP contribution < -0.4 is 10.6 Å². The molecule has 0 saturated carbocycles. The zero-order valence-corrected chi connectivity index (χ0v) is 11.0. The second kappa shape index (κ2) is 4.56. The quantitative estimate of drug-likeness (QED) is 0.867. The van der Waals surface area contributed by atoms with Gasteiger partial charge in [-0.15, -0.1) is 0 Å². The van der Waals surface area contributed by atoms with E-state index in [4.69, 9.17) is 0 Å². The van der Waals surface area contributed by atoms with Gasteiger partial charge in [-0.05, 0) is 18.6 Å². The zero-order chi connectivity index (χ0) is 12.5. The van der Waals surface area contributed by atoms with Crippen molar-refractivity contribution in [2.75, 3.05) is 23.4 Å². The van der Waals surface area contributed by atoms with E-state index in [-0.39, 0.29) is 0 Å². The first-order chi connectivity index (χ1) is 8.02. The van der Waals surface area contributed by atoms with Crippen LogP contribution in [0.2, 0.25) is 0 Å². The van der Waals surface area contributed by atoms with Crippen LogP contribution in [0.1, 0.15) is 19.8 Å². The first-order valence-corrected chi connectivity index (χ1v) is 7.75. The van der Waals surface area contributed by atoms with Gasteiger partial charge >= 0.3 is 0 Å². The molecular formula is C12H18N2O2S. The zero-order valence-electron chi connectivity index (χ0n) is 10.2. The van der Waals surface area contributed by atoms with Gasteiger partial charge in [0.25, 0.3) is 0 Å². The van der Waals surface area contributed by atoms with Crippen LogP contribution in [0.25, 0.3) is 0 Å².